The number of hydrogen-bond donors (Lipinski definition) is 1. The highest BCUT2D eigenvalue weighted by molar-refractivity contribution is 4.40. The maximum Gasteiger partial charge on any atom is 0.148 e. The third-order valence-electron chi connectivity index (χ3n) is 0.934. The highest BCUT2D eigenvalue weighted by atomic mass is 19.2. The highest BCUT2D eigenvalue weighted by Gasteiger charge is 2.09. The summed E-state index contributed by atoms with van der Waals surface area (Å²) in [7, 11) is 0. The summed E-state index contributed by atoms with van der Waals surface area (Å²) in [6.07, 6.45) is 1.72. The minimum absolute atomic E-state index is 0.375. The van der Waals surface area contributed by atoms with Crippen LogP contribution in [0.1, 0.15) is 19.3 Å². The summed E-state index contributed by atoms with van der Waals surface area (Å²) in [5.41, 5.74) is 0. The van der Waals surface area contributed by atoms with Gasteiger partial charge in [0.2, 0.25) is 0 Å². The Morgan fingerprint density at radius 2 is 2.11 bits per heavy atom. The average Bonchev–Trinajstić information content (AvgIpc) is 1.63. The summed E-state index contributed by atoms with van der Waals surface area (Å²) in [5, 5.41) is 15.1. The molecule has 55 valence electrons. The Morgan fingerprint density at radius 1 is 1.56 bits per heavy atom. The summed E-state index contributed by atoms with van der Waals surface area (Å²) >= 11 is 0. The van der Waals surface area contributed by atoms with E-state index < -0.39 is 11.6 Å². The standard InChI is InChI=1S/C5H11FNO2/c1-2-3-4-5-7(6,8)9/h8H,1-5H2. The molecule has 0 aliphatic rings. The Morgan fingerprint density at radius 3 is 2.44 bits per heavy atom. The van der Waals surface area contributed by atoms with Gasteiger partial charge in [0.1, 0.15) is 6.54 Å². The third kappa shape index (κ3) is 7.81. The van der Waals surface area contributed by atoms with Gasteiger partial charge in [-0.3, -0.25) is 0 Å². The van der Waals surface area contributed by atoms with Gasteiger partial charge < -0.3 is 5.21 Å². The number of halogens is 1. The third-order valence-corrected chi connectivity index (χ3v) is 0.934. The SMILES string of the molecule is [CH2]CCCC[N+]([O-])(O)F. The molecule has 0 bridgehead atoms. The highest BCUT2D eigenvalue weighted by Crippen LogP contribution is 2.03. The molecule has 0 rings (SSSR count). The van der Waals surface area contributed by atoms with Gasteiger partial charge in [-0.15, -0.1) is 0 Å². The van der Waals surface area contributed by atoms with E-state index >= 15 is 0 Å². The van der Waals surface area contributed by atoms with Gasteiger partial charge in [-0.2, -0.15) is 5.21 Å². The minimum atomic E-state index is -2.67. The van der Waals surface area contributed by atoms with Crippen LogP contribution in [0, 0.1) is 12.1 Å². The summed E-state index contributed by atoms with van der Waals surface area (Å²) in [5.74, 6) is 0. The van der Waals surface area contributed by atoms with Gasteiger partial charge in [-0.1, -0.05) is 13.3 Å². The van der Waals surface area contributed by atoms with Crippen molar-refractivity contribution < 1.29 is 14.7 Å². The second-order valence-electron chi connectivity index (χ2n) is 1.90. The van der Waals surface area contributed by atoms with Crippen molar-refractivity contribution in [1.29, 1.82) is 0 Å². The van der Waals surface area contributed by atoms with E-state index in [1.54, 1.807) is 0 Å². The van der Waals surface area contributed by atoms with Crippen LogP contribution in [-0.4, -0.2) is 16.8 Å². The van der Waals surface area contributed by atoms with Gasteiger partial charge in [-0.25, -0.2) is 0 Å². The van der Waals surface area contributed by atoms with Crippen LogP contribution in [0.2, 0.25) is 0 Å². The Kier molecular flexibility index (Phi) is 3.68. The average molecular weight is 136 g/mol. The van der Waals surface area contributed by atoms with Crippen LogP contribution in [-0.2, 0) is 0 Å². The zero-order valence-corrected chi connectivity index (χ0v) is 5.22. The molecule has 0 aromatic carbocycles. The van der Waals surface area contributed by atoms with E-state index in [-0.39, 0.29) is 0 Å². The molecule has 1 radical (unpaired) electrons. The Labute approximate surface area is 53.8 Å². The van der Waals surface area contributed by atoms with Crippen LogP contribution in [0.5, 0.6) is 0 Å². The molecule has 0 aliphatic carbocycles. The molecule has 0 spiro atoms. The number of hydroxylamine groups is 2. The molecule has 0 aromatic heterocycles. The summed E-state index contributed by atoms with van der Waals surface area (Å²) < 4.78 is 11.6. The van der Waals surface area contributed by atoms with E-state index in [0.717, 1.165) is 0 Å². The normalized spacial score (nSPS) is 17.3. The molecule has 0 heterocycles. The lowest BCUT2D eigenvalue weighted by molar-refractivity contribution is -1.17. The first-order valence-corrected chi connectivity index (χ1v) is 2.87. The van der Waals surface area contributed by atoms with Gasteiger partial charge in [-0.05, 0) is 11.5 Å². The number of hydrogen-bond acceptors (Lipinski definition) is 2. The molecule has 4 heteroatoms. The molecule has 0 aromatic rings. The van der Waals surface area contributed by atoms with Gasteiger partial charge >= 0.3 is 0 Å². The smallest absolute Gasteiger partial charge is 0.148 e. The fourth-order valence-electron chi connectivity index (χ4n) is 0.484. The van der Waals surface area contributed by atoms with Gasteiger partial charge in [0.05, 0.1) is 0 Å². The van der Waals surface area contributed by atoms with Gasteiger partial charge in [0, 0.05) is 10.9 Å². The molecule has 0 amide bonds. The Bertz CT molecular complexity index is 71.8. The van der Waals surface area contributed by atoms with Crippen molar-refractivity contribution in [2.75, 3.05) is 6.54 Å². The van der Waals surface area contributed by atoms with E-state index in [0.29, 0.717) is 19.3 Å². The van der Waals surface area contributed by atoms with E-state index in [1.807, 2.05) is 0 Å². The van der Waals surface area contributed by atoms with Crippen molar-refractivity contribution in [3.63, 3.8) is 0 Å². The summed E-state index contributed by atoms with van der Waals surface area (Å²) in [4.78, 5) is 0. The maximum absolute atomic E-state index is 11.6. The Hall–Kier alpha value is -0.190. The second kappa shape index (κ2) is 3.76. The second-order valence-corrected chi connectivity index (χ2v) is 1.90. The summed E-state index contributed by atoms with van der Waals surface area (Å²) in [6, 6.07) is 0. The van der Waals surface area contributed by atoms with E-state index in [9.17, 15) is 9.69 Å². The zero-order chi connectivity index (χ0) is 7.33. The molecule has 0 saturated heterocycles. The van der Waals surface area contributed by atoms with Crippen LogP contribution in [0.25, 0.3) is 0 Å². The molecule has 0 aliphatic heterocycles. The maximum atomic E-state index is 11.6. The predicted molar refractivity (Wildman–Crippen MR) is 30.6 cm³/mol. The first kappa shape index (κ1) is 8.81. The number of rotatable bonds is 4. The van der Waals surface area contributed by atoms with Crippen molar-refractivity contribution in [2.24, 2.45) is 0 Å². The van der Waals surface area contributed by atoms with Crippen LogP contribution in [0.15, 0.2) is 0 Å². The van der Waals surface area contributed by atoms with Gasteiger partial charge in [0.25, 0.3) is 0 Å². The molecule has 3 nitrogen and oxygen atoms in total. The molecule has 1 atom stereocenters. The molecular weight excluding hydrogens is 125 g/mol. The minimum Gasteiger partial charge on any atom is -0.559 e. The van der Waals surface area contributed by atoms with Crippen molar-refractivity contribution in [3.05, 3.63) is 12.1 Å². The van der Waals surface area contributed by atoms with Crippen LogP contribution >= 0.6 is 0 Å². The molecule has 9 heavy (non-hydrogen) atoms. The largest absolute Gasteiger partial charge is 0.559 e. The fourth-order valence-corrected chi connectivity index (χ4v) is 0.484. The lowest BCUT2D eigenvalue weighted by Crippen LogP contribution is -2.28. The molecule has 0 fully saturated rings. The lowest BCUT2D eigenvalue weighted by atomic mass is 10.2. The van der Waals surface area contributed by atoms with Gasteiger partial charge in [0.15, 0.2) is 0 Å². The molecule has 1 unspecified atom stereocenters. The predicted octanol–water partition coefficient (Wildman–Crippen LogP) is 1.58. The van der Waals surface area contributed by atoms with Crippen LogP contribution < -0.4 is 0 Å². The van der Waals surface area contributed by atoms with Crippen LogP contribution in [0.3, 0.4) is 0 Å². The monoisotopic (exact) mass is 136 g/mol. The molecule has 0 saturated carbocycles. The number of quaternary nitrogens is 1. The molecular formula is C5H11FNO2. The van der Waals surface area contributed by atoms with Crippen molar-refractivity contribution in [1.82, 2.24) is 0 Å². The topological polar surface area (TPSA) is 43.3 Å². The quantitative estimate of drug-likeness (QED) is 0.362. The van der Waals surface area contributed by atoms with E-state index in [2.05, 4.69) is 6.92 Å². The van der Waals surface area contributed by atoms with Crippen LogP contribution in [0.4, 0.5) is 4.48 Å². The first-order chi connectivity index (χ1) is 4.06. The number of nitrogens with zero attached hydrogens (tertiary/aromatic N) is 1. The van der Waals surface area contributed by atoms with Crippen molar-refractivity contribution >= 4 is 0 Å². The van der Waals surface area contributed by atoms with E-state index in [4.69, 9.17) is 5.21 Å². The Balaban J connectivity index is 3.07. The zero-order valence-electron chi connectivity index (χ0n) is 5.22. The first-order valence-electron chi connectivity index (χ1n) is 2.87. The summed E-state index contributed by atoms with van der Waals surface area (Å²) in [6.45, 7) is 3.10. The lowest BCUT2D eigenvalue weighted by Gasteiger charge is -2.18. The number of unbranched alkanes of at least 4 members (excludes halogenated alkanes) is 2. The fraction of sp³-hybridized carbons (Fsp3) is 0.800. The van der Waals surface area contributed by atoms with Crippen molar-refractivity contribution in [3.8, 4) is 0 Å². The van der Waals surface area contributed by atoms with E-state index in [1.165, 1.54) is 0 Å². The molecule has 1 N–H and O–H groups in total. The van der Waals surface area contributed by atoms with Crippen molar-refractivity contribution in [2.45, 2.75) is 19.3 Å².